The number of nitrogens with two attached hydrogens (primary N) is 1. The predicted molar refractivity (Wildman–Crippen MR) is 105 cm³/mol. The maximum absolute atomic E-state index is 13.2. The van der Waals surface area contributed by atoms with Crippen LogP contribution >= 0.6 is 0 Å². The number of morpholine rings is 1. The molecule has 3 N–H and O–H groups in total. The van der Waals surface area contributed by atoms with Crippen LogP contribution in [-0.4, -0.2) is 48.7 Å². The summed E-state index contributed by atoms with van der Waals surface area (Å²) in [6.45, 7) is 3.81. The largest absolute Gasteiger partial charge is 0.384 e. The van der Waals surface area contributed by atoms with Gasteiger partial charge in [0.1, 0.15) is 27.6 Å². The first-order valence-corrected chi connectivity index (χ1v) is 10.7. The van der Waals surface area contributed by atoms with Crippen LogP contribution in [0.1, 0.15) is 18.7 Å². The van der Waals surface area contributed by atoms with Gasteiger partial charge < -0.3 is 20.4 Å². The summed E-state index contributed by atoms with van der Waals surface area (Å²) in [6.07, 6.45) is 2.08. The quantitative estimate of drug-likeness (QED) is 0.693. The van der Waals surface area contributed by atoms with Gasteiger partial charge in [-0.1, -0.05) is 18.2 Å². The topological polar surface area (TPSA) is 114 Å². The molecule has 1 saturated carbocycles. The van der Waals surface area contributed by atoms with Gasteiger partial charge in [0.25, 0.3) is 0 Å². The monoisotopic (exact) mass is 399 g/mol. The molecular formula is C19H21N5O3S. The lowest BCUT2D eigenvalue weighted by atomic mass is 10.2. The summed E-state index contributed by atoms with van der Waals surface area (Å²) in [4.78, 5) is 14.4. The van der Waals surface area contributed by atoms with Gasteiger partial charge in [-0.2, -0.15) is 0 Å². The van der Waals surface area contributed by atoms with Gasteiger partial charge in [-0.05, 0) is 31.9 Å². The maximum atomic E-state index is 13.2. The van der Waals surface area contributed by atoms with Crippen LogP contribution in [-0.2, 0) is 14.6 Å². The van der Waals surface area contributed by atoms with Crippen molar-refractivity contribution >= 4 is 32.5 Å². The number of H-pyrrole nitrogens is 1. The third-order valence-corrected chi connectivity index (χ3v) is 7.24. The summed E-state index contributed by atoms with van der Waals surface area (Å²) in [7, 11) is -3.82. The minimum atomic E-state index is -3.82. The molecule has 1 aliphatic heterocycles. The highest BCUT2D eigenvalue weighted by molar-refractivity contribution is 7.92. The highest BCUT2D eigenvalue weighted by Crippen LogP contribution is 2.44. The van der Waals surface area contributed by atoms with Gasteiger partial charge in [-0.25, -0.2) is 18.4 Å². The molecule has 0 amide bonds. The third-order valence-electron chi connectivity index (χ3n) is 5.40. The molecule has 2 aromatic heterocycles. The van der Waals surface area contributed by atoms with E-state index in [2.05, 4.69) is 19.9 Å². The molecule has 2 aliphatic rings. The normalized spacial score (nSPS) is 18.7. The predicted octanol–water partition coefficient (Wildman–Crippen LogP) is 2.05. The average molecular weight is 399 g/mol. The molecular weight excluding hydrogens is 378 g/mol. The Kier molecular flexibility index (Phi) is 3.69. The molecule has 0 atom stereocenters. The van der Waals surface area contributed by atoms with Crippen molar-refractivity contribution in [2.24, 2.45) is 0 Å². The Labute approximate surface area is 162 Å². The number of benzene rings is 1. The number of sulfone groups is 1. The van der Waals surface area contributed by atoms with Crippen molar-refractivity contribution in [3.8, 4) is 0 Å². The van der Waals surface area contributed by atoms with E-state index >= 15 is 0 Å². The molecule has 5 rings (SSSR count). The SMILES string of the molecule is Cc1nc(N2CCOC3(CC3)C2)c2[nH]c(N)c(S(=O)(=O)c3ccccc3)c2n1. The van der Waals surface area contributed by atoms with Crippen LogP contribution in [0, 0.1) is 6.92 Å². The third kappa shape index (κ3) is 2.65. The molecule has 2 fully saturated rings. The summed E-state index contributed by atoms with van der Waals surface area (Å²) in [6, 6.07) is 8.26. The summed E-state index contributed by atoms with van der Waals surface area (Å²) in [5.74, 6) is 1.26. The number of aromatic nitrogens is 3. The van der Waals surface area contributed by atoms with Crippen molar-refractivity contribution in [3.63, 3.8) is 0 Å². The fraction of sp³-hybridized carbons (Fsp3) is 0.368. The molecule has 0 bridgehead atoms. The van der Waals surface area contributed by atoms with Crippen LogP contribution in [0.25, 0.3) is 11.0 Å². The number of anilines is 2. The molecule has 3 aromatic rings. The van der Waals surface area contributed by atoms with Crippen molar-refractivity contribution in [1.29, 1.82) is 0 Å². The molecule has 28 heavy (non-hydrogen) atoms. The van der Waals surface area contributed by atoms with E-state index in [1.54, 1.807) is 37.3 Å². The van der Waals surface area contributed by atoms with Crippen LogP contribution in [0.5, 0.6) is 0 Å². The van der Waals surface area contributed by atoms with E-state index in [1.807, 2.05) is 0 Å². The second kappa shape index (κ2) is 5.92. The van der Waals surface area contributed by atoms with Crippen molar-refractivity contribution in [3.05, 3.63) is 36.2 Å². The zero-order chi connectivity index (χ0) is 19.5. The fourth-order valence-electron chi connectivity index (χ4n) is 3.84. The van der Waals surface area contributed by atoms with Gasteiger partial charge in [0.05, 0.1) is 17.1 Å². The molecule has 1 spiro atoms. The Bertz CT molecular complexity index is 1170. The van der Waals surface area contributed by atoms with E-state index < -0.39 is 9.84 Å². The number of nitrogen functional groups attached to an aromatic ring is 1. The highest BCUT2D eigenvalue weighted by atomic mass is 32.2. The standard InChI is InChI=1S/C19H21N5O3S/c1-12-21-14-15(18(22-12)24-9-10-27-19(11-24)7-8-19)23-17(20)16(14)28(25,26)13-5-3-2-4-6-13/h2-6,23H,7-11,20H2,1H3. The lowest BCUT2D eigenvalue weighted by Crippen LogP contribution is -2.44. The van der Waals surface area contributed by atoms with Crippen molar-refractivity contribution in [2.45, 2.75) is 35.2 Å². The average Bonchev–Trinajstić information content (AvgIpc) is 3.32. The molecule has 0 radical (unpaired) electrons. The van der Waals surface area contributed by atoms with E-state index in [0.717, 1.165) is 19.4 Å². The Morgan fingerprint density at radius 2 is 1.96 bits per heavy atom. The number of hydrogen-bond acceptors (Lipinski definition) is 7. The van der Waals surface area contributed by atoms with Gasteiger partial charge in [0.2, 0.25) is 9.84 Å². The fourth-order valence-corrected chi connectivity index (χ4v) is 5.34. The number of nitrogens with zero attached hydrogens (tertiary/aromatic N) is 3. The van der Waals surface area contributed by atoms with E-state index in [-0.39, 0.29) is 21.2 Å². The second-order valence-electron chi connectivity index (χ2n) is 7.46. The van der Waals surface area contributed by atoms with Gasteiger partial charge in [0.15, 0.2) is 5.82 Å². The number of aryl methyl sites for hydroxylation is 1. The Morgan fingerprint density at radius 3 is 2.68 bits per heavy atom. The summed E-state index contributed by atoms with van der Waals surface area (Å²) < 4.78 is 32.4. The number of aromatic amines is 1. The first-order chi connectivity index (χ1) is 13.4. The lowest BCUT2D eigenvalue weighted by Gasteiger charge is -2.34. The summed E-state index contributed by atoms with van der Waals surface area (Å²) in [5, 5.41) is 0. The maximum Gasteiger partial charge on any atom is 0.212 e. The Morgan fingerprint density at radius 1 is 1.21 bits per heavy atom. The minimum Gasteiger partial charge on any atom is -0.384 e. The summed E-state index contributed by atoms with van der Waals surface area (Å²) >= 11 is 0. The van der Waals surface area contributed by atoms with Crippen LogP contribution in [0.15, 0.2) is 40.1 Å². The molecule has 1 saturated heterocycles. The van der Waals surface area contributed by atoms with E-state index in [4.69, 9.17) is 10.5 Å². The number of ether oxygens (including phenoxy) is 1. The van der Waals surface area contributed by atoms with Gasteiger partial charge in [-0.15, -0.1) is 0 Å². The van der Waals surface area contributed by atoms with Crippen molar-refractivity contribution in [2.75, 3.05) is 30.3 Å². The summed E-state index contributed by atoms with van der Waals surface area (Å²) in [5.41, 5.74) is 6.95. The molecule has 3 heterocycles. The molecule has 1 aromatic carbocycles. The molecule has 9 heteroatoms. The van der Waals surface area contributed by atoms with Gasteiger partial charge >= 0.3 is 0 Å². The van der Waals surface area contributed by atoms with Crippen LogP contribution < -0.4 is 10.6 Å². The second-order valence-corrected chi connectivity index (χ2v) is 9.34. The minimum absolute atomic E-state index is 0.00912. The van der Waals surface area contributed by atoms with Gasteiger partial charge in [-0.3, -0.25) is 0 Å². The van der Waals surface area contributed by atoms with Crippen molar-refractivity contribution in [1.82, 2.24) is 15.0 Å². The first-order valence-electron chi connectivity index (χ1n) is 9.24. The molecule has 146 valence electrons. The van der Waals surface area contributed by atoms with Crippen molar-refractivity contribution < 1.29 is 13.2 Å². The Hall–Kier alpha value is -2.65. The zero-order valence-corrected chi connectivity index (χ0v) is 16.3. The molecule has 0 unspecified atom stereocenters. The number of nitrogens with one attached hydrogen (secondary N) is 1. The number of rotatable bonds is 3. The lowest BCUT2D eigenvalue weighted by molar-refractivity contribution is 0.0204. The zero-order valence-electron chi connectivity index (χ0n) is 15.5. The van der Waals surface area contributed by atoms with Crippen LogP contribution in [0.2, 0.25) is 0 Å². The highest BCUT2D eigenvalue weighted by Gasteiger charge is 2.48. The Balaban J connectivity index is 1.69. The first kappa shape index (κ1) is 17.4. The van der Waals surface area contributed by atoms with Gasteiger partial charge in [0, 0.05) is 13.1 Å². The van der Waals surface area contributed by atoms with E-state index in [9.17, 15) is 8.42 Å². The number of fused-ring (bicyclic) bond motifs is 1. The van der Waals surface area contributed by atoms with Crippen LogP contribution in [0.3, 0.4) is 0 Å². The van der Waals surface area contributed by atoms with E-state index in [1.165, 1.54) is 0 Å². The smallest absolute Gasteiger partial charge is 0.212 e. The molecule has 8 nitrogen and oxygen atoms in total. The number of hydrogen-bond donors (Lipinski definition) is 2. The van der Waals surface area contributed by atoms with Crippen LogP contribution in [0.4, 0.5) is 11.6 Å². The molecule has 1 aliphatic carbocycles. The van der Waals surface area contributed by atoms with E-state index in [0.29, 0.717) is 35.8 Å².